The lowest BCUT2D eigenvalue weighted by atomic mass is 9.78. The predicted octanol–water partition coefficient (Wildman–Crippen LogP) is 5.42. The average Bonchev–Trinajstić information content (AvgIpc) is 3.26. The van der Waals surface area contributed by atoms with Gasteiger partial charge in [0.15, 0.2) is 0 Å². The smallest absolute Gasteiger partial charge is 0.133 e. The van der Waals surface area contributed by atoms with Gasteiger partial charge in [0.25, 0.3) is 0 Å². The van der Waals surface area contributed by atoms with Gasteiger partial charge in [-0.05, 0) is 57.7 Å². The van der Waals surface area contributed by atoms with Crippen molar-refractivity contribution in [2.45, 2.75) is 38.3 Å². The van der Waals surface area contributed by atoms with E-state index in [-0.39, 0.29) is 12.0 Å². The maximum absolute atomic E-state index is 10.1. The second-order valence-corrected chi connectivity index (χ2v) is 9.14. The maximum Gasteiger partial charge on any atom is 0.133 e. The summed E-state index contributed by atoms with van der Waals surface area (Å²) >= 11 is 9.34. The molecular formula is C24H28BrClN2O3. The number of aromatic nitrogens is 2. The monoisotopic (exact) mass is 506 g/mol. The van der Waals surface area contributed by atoms with Gasteiger partial charge in [0.1, 0.15) is 24.2 Å². The van der Waals surface area contributed by atoms with Crippen LogP contribution in [-0.2, 0) is 12.0 Å². The number of rotatable bonds is 11. The van der Waals surface area contributed by atoms with Crippen LogP contribution in [0.25, 0.3) is 0 Å². The van der Waals surface area contributed by atoms with Gasteiger partial charge in [0.05, 0.1) is 24.0 Å². The summed E-state index contributed by atoms with van der Waals surface area (Å²) in [6.45, 7) is 5.65. The highest BCUT2D eigenvalue weighted by molar-refractivity contribution is 9.10. The van der Waals surface area contributed by atoms with E-state index in [9.17, 15) is 5.11 Å². The van der Waals surface area contributed by atoms with Gasteiger partial charge in [-0.1, -0.05) is 32.0 Å². The van der Waals surface area contributed by atoms with Crippen LogP contribution in [0.5, 0.6) is 11.5 Å². The van der Waals surface area contributed by atoms with E-state index in [1.54, 1.807) is 12.5 Å². The molecule has 0 radical (unpaired) electrons. The average molecular weight is 508 g/mol. The molecule has 0 saturated carbocycles. The van der Waals surface area contributed by atoms with E-state index in [4.69, 9.17) is 21.1 Å². The number of alkyl halides is 1. The van der Waals surface area contributed by atoms with Crippen LogP contribution in [0.1, 0.15) is 31.4 Å². The van der Waals surface area contributed by atoms with Crippen molar-refractivity contribution in [1.82, 2.24) is 9.55 Å². The summed E-state index contributed by atoms with van der Waals surface area (Å²) in [6.07, 6.45) is 5.40. The topological polar surface area (TPSA) is 56.5 Å². The van der Waals surface area contributed by atoms with E-state index in [0.717, 1.165) is 22.4 Å². The van der Waals surface area contributed by atoms with Gasteiger partial charge in [-0.15, -0.1) is 11.6 Å². The zero-order chi connectivity index (χ0) is 22.3. The zero-order valence-electron chi connectivity index (χ0n) is 17.8. The lowest BCUT2D eigenvalue weighted by Crippen LogP contribution is -2.23. The molecule has 2 aromatic carbocycles. The van der Waals surface area contributed by atoms with Gasteiger partial charge < -0.3 is 19.1 Å². The Morgan fingerprint density at radius 2 is 1.87 bits per heavy atom. The van der Waals surface area contributed by atoms with Gasteiger partial charge in [-0.3, -0.25) is 0 Å². The number of imidazole rings is 1. The Morgan fingerprint density at radius 1 is 1.13 bits per heavy atom. The molecule has 3 rings (SSSR count). The number of aliphatic hydroxyl groups is 1. The fourth-order valence-electron chi connectivity index (χ4n) is 3.26. The van der Waals surface area contributed by atoms with Crippen LogP contribution in [0.3, 0.4) is 0 Å². The minimum absolute atomic E-state index is 0.198. The van der Waals surface area contributed by atoms with Crippen molar-refractivity contribution in [3.63, 3.8) is 0 Å². The highest BCUT2D eigenvalue weighted by Gasteiger charge is 2.24. The third-order valence-electron chi connectivity index (χ3n) is 5.19. The molecule has 1 atom stereocenters. The number of aliphatic hydroxyl groups excluding tert-OH is 1. The molecule has 5 nitrogen and oxygen atoms in total. The largest absolute Gasteiger partial charge is 0.492 e. The van der Waals surface area contributed by atoms with Gasteiger partial charge in [-0.25, -0.2) is 4.98 Å². The molecule has 0 bridgehead atoms. The third kappa shape index (κ3) is 6.48. The first-order chi connectivity index (χ1) is 14.9. The van der Waals surface area contributed by atoms with Gasteiger partial charge in [0.2, 0.25) is 0 Å². The van der Waals surface area contributed by atoms with Crippen LogP contribution in [0.4, 0.5) is 0 Å². The third-order valence-corrected chi connectivity index (χ3v) is 6.08. The van der Waals surface area contributed by atoms with E-state index < -0.39 is 6.10 Å². The first kappa shape index (κ1) is 23.6. The first-order valence-electron chi connectivity index (χ1n) is 10.3. The molecular weight excluding hydrogens is 480 g/mol. The van der Waals surface area contributed by atoms with Gasteiger partial charge in [-0.2, -0.15) is 0 Å². The number of halogens is 2. The van der Waals surface area contributed by atoms with Crippen LogP contribution in [-0.4, -0.2) is 39.9 Å². The second kappa shape index (κ2) is 11.0. The van der Waals surface area contributed by atoms with E-state index >= 15 is 0 Å². The molecule has 3 aromatic rings. The van der Waals surface area contributed by atoms with E-state index in [0.29, 0.717) is 19.0 Å². The van der Waals surface area contributed by atoms with Crippen molar-refractivity contribution in [1.29, 1.82) is 0 Å². The van der Waals surface area contributed by atoms with Gasteiger partial charge in [0, 0.05) is 23.7 Å². The summed E-state index contributed by atoms with van der Waals surface area (Å²) in [5, 5.41) is 10.1. The molecule has 0 fully saturated rings. The molecule has 0 aliphatic heterocycles. The molecule has 166 valence electrons. The molecule has 1 N–H and O–H groups in total. The zero-order valence-corrected chi connectivity index (χ0v) is 20.1. The highest BCUT2D eigenvalue weighted by atomic mass is 79.9. The maximum atomic E-state index is 10.1. The SMILES string of the molecule is CC(C)(c1ccc(OCC(O)Cn2ccnc2)cc1)c1ccc(OCCCCl)c(Br)c1. The number of ether oxygens (including phenoxy) is 2. The number of hydrogen-bond donors (Lipinski definition) is 1. The summed E-state index contributed by atoms with van der Waals surface area (Å²) in [6, 6.07) is 14.2. The molecule has 0 amide bonds. The Labute approximate surface area is 197 Å². The summed E-state index contributed by atoms with van der Waals surface area (Å²) in [5.74, 6) is 2.14. The Bertz CT molecular complexity index is 946. The fraction of sp³-hybridized carbons (Fsp3) is 0.375. The summed E-state index contributed by atoms with van der Waals surface area (Å²) in [4.78, 5) is 3.97. The van der Waals surface area contributed by atoms with Crippen molar-refractivity contribution >= 4 is 27.5 Å². The second-order valence-electron chi connectivity index (χ2n) is 7.91. The standard InChI is InChI=1S/C24H28BrClN2O3/c1-24(2,19-6-9-23(22(25)14-19)30-13-3-10-26)18-4-7-21(8-5-18)31-16-20(29)15-28-12-11-27-17-28/h4-9,11-12,14,17,20,29H,3,10,13,15-16H2,1-2H3. The Kier molecular flexibility index (Phi) is 8.41. The summed E-state index contributed by atoms with van der Waals surface area (Å²) in [5.41, 5.74) is 2.14. The Balaban J connectivity index is 1.61. The van der Waals surface area contributed by atoms with Crippen molar-refractivity contribution in [3.8, 4) is 11.5 Å². The number of benzene rings is 2. The van der Waals surface area contributed by atoms with Crippen molar-refractivity contribution in [2.24, 2.45) is 0 Å². The normalized spacial score (nSPS) is 12.5. The van der Waals surface area contributed by atoms with Crippen LogP contribution < -0.4 is 9.47 Å². The molecule has 31 heavy (non-hydrogen) atoms. The molecule has 0 spiro atoms. The molecule has 1 aromatic heterocycles. The molecule has 0 saturated heterocycles. The van der Waals surface area contributed by atoms with Crippen LogP contribution in [0.15, 0.2) is 65.7 Å². The van der Waals surface area contributed by atoms with E-state index in [1.165, 1.54) is 11.1 Å². The minimum Gasteiger partial charge on any atom is -0.492 e. The van der Waals surface area contributed by atoms with Gasteiger partial charge >= 0.3 is 0 Å². The number of nitrogens with zero attached hydrogens (tertiary/aromatic N) is 2. The van der Waals surface area contributed by atoms with E-state index in [2.05, 4.69) is 59.0 Å². The fourth-order valence-corrected chi connectivity index (χ4v) is 3.86. The van der Waals surface area contributed by atoms with E-state index in [1.807, 2.05) is 29.0 Å². The molecule has 1 heterocycles. The van der Waals surface area contributed by atoms with Crippen LogP contribution in [0, 0.1) is 0 Å². The molecule has 0 aliphatic carbocycles. The van der Waals surface area contributed by atoms with Crippen molar-refractivity contribution in [3.05, 3.63) is 76.8 Å². The minimum atomic E-state index is -0.604. The Hall–Kier alpha value is -2.02. The molecule has 0 aliphatic rings. The first-order valence-corrected chi connectivity index (χ1v) is 11.6. The van der Waals surface area contributed by atoms with Crippen LogP contribution in [0.2, 0.25) is 0 Å². The summed E-state index contributed by atoms with van der Waals surface area (Å²) in [7, 11) is 0. The lowest BCUT2D eigenvalue weighted by molar-refractivity contribution is 0.0924. The van der Waals surface area contributed by atoms with Crippen molar-refractivity contribution < 1.29 is 14.6 Å². The quantitative estimate of drug-likeness (QED) is 0.278. The highest BCUT2D eigenvalue weighted by Crippen LogP contribution is 2.36. The Morgan fingerprint density at radius 3 is 2.52 bits per heavy atom. The van der Waals surface area contributed by atoms with Crippen LogP contribution >= 0.6 is 27.5 Å². The molecule has 1 unspecified atom stereocenters. The molecule has 7 heteroatoms. The predicted molar refractivity (Wildman–Crippen MR) is 127 cm³/mol. The number of hydrogen-bond acceptors (Lipinski definition) is 4. The lowest BCUT2D eigenvalue weighted by Gasteiger charge is -2.27. The summed E-state index contributed by atoms with van der Waals surface area (Å²) < 4.78 is 14.3. The van der Waals surface area contributed by atoms with Crippen molar-refractivity contribution in [2.75, 3.05) is 19.1 Å².